The predicted octanol–water partition coefficient (Wildman–Crippen LogP) is 5.39. The number of halogens is 1. The standard InChI is InChI=1S/C30H28FN5O2/c1-38-24-9-5-2-6-18(24)19-10-11-22-25(27(19)31)28(32-23-16-36-14-12-17(23)13-15-36)26(30(37)35-22)29-33-20-7-3-4-8-21(20)34-29/h2-11,17,23H,12-16H2,1H3,(H,33,34)(H2,32,35,37)/t23-/m0/s1. The molecular weight excluding hydrogens is 481 g/mol. The summed E-state index contributed by atoms with van der Waals surface area (Å²) in [7, 11) is 1.58. The van der Waals surface area contributed by atoms with Crippen molar-refractivity contribution in [2.75, 3.05) is 32.1 Å². The van der Waals surface area contributed by atoms with E-state index in [2.05, 4.69) is 20.2 Å². The van der Waals surface area contributed by atoms with Crippen LogP contribution in [0.2, 0.25) is 0 Å². The average Bonchev–Trinajstić information content (AvgIpc) is 3.37. The number of piperidine rings is 3. The van der Waals surface area contributed by atoms with Gasteiger partial charge in [0.2, 0.25) is 0 Å². The van der Waals surface area contributed by atoms with Crippen LogP contribution in [0.15, 0.2) is 65.5 Å². The molecule has 2 bridgehead atoms. The van der Waals surface area contributed by atoms with Gasteiger partial charge < -0.3 is 24.9 Å². The SMILES string of the molecule is COc1ccccc1-c1ccc2[nH]c(=O)c(-c3nc4ccccc4[nH]3)c(N[C@H]3CN4CCC3CC4)c2c1F. The fourth-order valence-electron chi connectivity index (χ4n) is 6.18. The third-order valence-electron chi connectivity index (χ3n) is 8.13. The Labute approximate surface area is 218 Å². The molecule has 3 saturated heterocycles. The number of aromatic amines is 2. The van der Waals surface area contributed by atoms with Gasteiger partial charge in [-0.2, -0.15) is 0 Å². The van der Waals surface area contributed by atoms with E-state index >= 15 is 4.39 Å². The number of aromatic nitrogens is 3. The Morgan fingerprint density at radius 1 is 0.974 bits per heavy atom. The summed E-state index contributed by atoms with van der Waals surface area (Å²) in [6.07, 6.45) is 2.18. The molecule has 7 nitrogen and oxygen atoms in total. The zero-order valence-electron chi connectivity index (χ0n) is 21.1. The molecule has 0 spiro atoms. The van der Waals surface area contributed by atoms with E-state index in [1.807, 2.05) is 48.5 Å². The molecule has 3 N–H and O–H groups in total. The minimum absolute atomic E-state index is 0.111. The van der Waals surface area contributed by atoms with E-state index in [-0.39, 0.29) is 11.6 Å². The summed E-state index contributed by atoms with van der Waals surface area (Å²) in [4.78, 5) is 27.0. The van der Waals surface area contributed by atoms with Crippen LogP contribution in [0.1, 0.15) is 12.8 Å². The average molecular weight is 510 g/mol. The van der Waals surface area contributed by atoms with E-state index in [1.54, 1.807) is 19.2 Å². The number of hydrogen-bond acceptors (Lipinski definition) is 5. The van der Waals surface area contributed by atoms with Gasteiger partial charge in [0.25, 0.3) is 5.56 Å². The molecule has 3 aliphatic heterocycles. The van der Waals surface area contributed by atoms with Gasteiger partial charge in [0, 0.05) is 23.7 Å². The molecule has 2 aromatic heterocycles. The van der Waals surface area contributed by atoms with Gasteiger partial charge in [-0.1, -0.05) is 30.3 Å². The van der Waals surface area contributed by atoms with Crippen LogP contribution < -0.4 is 15.6 Å². The molecule has 0 radical (unpaired) electrons. The van der Waals surface area contributed by atoms with Crippen LogP contribution in [0, 0.1) is 11.7 Å². The van der Waals surface area contributed by atoms with E-state index in [1.165, 1.54) is 0 Å². The van der Waals surface area contributed by atoms with Crippen LogP contribution >= 0.6 is 0 Å². The first-order valence-electron chi connectivity index (χ1n) is 13.1. The first-order valence-corrected chi connectivity index (χ1v) is 13.1. The Kier molecular flexibility index (Phi) is 5.44. The first kappa shape index (κ1) is 23.0. The second-order valence-electron chi connectivity index (χ2n) is 10.2. The molecule has 8 heteroatoms. The number of fused-ring (bicyclic) bond motifs is 5. The third-order valence-corrected chi connectivity index (χ3v) is 8.13. The van der Waals surface area contributed by atoms with E-state index in [0.29, 0.717) is 50.8 Å². The second kappa shape index (κ2) is 8.99. The number of pyridine rings is 1. The molecule has 5 aromatic rings. The Bertz CT molecular complexity index is 1700. The molecule has 0 unspecified atom stereocenters. The molecule has 5 heterocycles. The molecule has 192 valence electrons. The zero-order chi connectivity index (χ0) is 25.8. The highest BCUT2D eigenvalue weighted by Crippen LogP contribution is 2.40. The van der Waals surface area contributed by atoms with Crippen molar-refractivity contribution in [1.82, 2.24) is 19.9 Å². The smallest absolute Gasteiger partial charge is 0.261 e. The molecule has 0 aliphatic carbocycles. The van der Waals surface area contributed by atoms with Crippen LogP contribution in [0.4, 0.5) is 10.1 Å². The Balaban J connectivity index is 1.49. The normalized spacial score (nSPS) is 20.7. The molecule has 38 heavy (non-hydrogen) atoms. The molecule has 1 atom stereocenters. The summed E-state index contributed by atoms with van der Waals surface area (Å²) < 4.78 is 22.2. The van der Waals surface area contributed by atoms with Crippen molar-refractivity contribution < 1.29 is 9.13 Å². The van der Waals surface area contributed by atoms with Gasteiger partial charge in [-0.15, -0.1) is 0 Å². The van der Waals surface area contributed by atoms with Crippen molar-refractivity contribution in [3.63, 3.8) is 0 Å². The van der Waals surface area contributed by atoms with E-state index < -0.39 is 5.82 Å². The fraction of sp³-hybridized carbons (Fsp3) is 0.267. The number of nitrogens with zero attached hydrogens (tertiary/aromatic N) is 2. The number of rotatable bonds is 5. The number of para-hydroxylation sites is 3. The number of hydrogen-bond donors (Lipinski definition) is 3. The van der Waals surface area contributed by atoms with Crippen molar-refractivity contribution in [1.29, 1.82) is 0 Å². The molecule has 0 amide bonds. The van der Waals surface area contributed by atoms with Crippen LogP contribution in [0.5, 0.6) is 5.75 Å². The predicted molar refractivity (Wildman–Crippen MR) is 148 cm³/mol. The Hall–Kier alpha value is -4.17. The van der Waals surface area contributed by atoms with Gasteiger partial charge >= 0.3 is 0 Å². The molecular formula is C30H28FN5O2. The number of anilines is 1. The first-order chi connectivity index (χ1) is 18.6. The number of ether oxygens (including phenoxy) is 1. The van der Waals surface area contributed by atoms with Crippen LogP contribution in [0.25, 0.3) is 44.5 Å². The minimum atomic E-state index is -0.413. The number of benzene rings is 3. The lowest BCUT2D eigenvalue weighted by Crippen LogP contribution is -2.53. The summed E-state index contributed by atoms with van der Waals surface area (Å²) >= 11 is 0. The number of H-pyrrole nitrogens is 2. The van der Waals surface area contributed by atoms with Gasteiger partial charge in [-0.25, -0.2) is 9.37 Å². The highest BCUT2D eigenvalue weighted by atomic mass is 19.1. The lowest BCUT2D eigenvalue weighted by atomic mass is 9.83. The number of methoxy groups -OCH3 is 1. The quantitative estimate of drug-likeness (QED) is 0.296. The highest BCUT2D eigenvalue weighted by Gasteiger charge is 2.35. The van der Waals surface area contributed by atoms with E-state index in [0.717, 1.165) is 43.5 Å². The molecule has 0 saturated carbocycles. The van der Waals surface area contributed by atoms with Gasteiger partial charge in [0.05, 0.1) is 34.7 Å². The largest absolute Gasteiger partial charge is 0.496 e. The molecule has 3 fully saturated rings. The summed E-state index contributed by atoms with van der Waals surface area (Å²) in [5, 5.41) is 4.01. The zero-order valence-corrected chi connectivity index (χ0v) is 21.1. The van der Waals surface area contributed by atoms with Crippen LogP contribution in [-0.4, -0.2) is 52.6 Å². The van der Waals surface area contributed by atoms with Gasteiger partial charge in [0.1, 0.15) is 23.0 Å². The Morgan fingerprint density at radius 2 is 1.76 bits per heavy atom. The highest BCUT2D eigenvalue weighted by molar-refractivity contribution is 6.02. The van der Waals surface area contributed by atoms with Crippen LogP contribution in [-0.2, 0) is 0 Å². The summed E-state index contributed by atoms with van der Waals surface area (Å²) in [5.41, 5.74) is 3.56. The van der Waals surface area contributed by atoms with E-state index in [9.17, 15) is 4.79 Å². The van der Waals surface area contributed by atoms with Crippen molar-refractivity contribution >= 4 is 27.6 Å². The van der Waals surface area contributed by atoms with Crippen molar-refractivity contribution in [2.45, 2.75) is 18.9 Å². The molecule has 8 rings (SSSR count). The maximum absolute atomic E-state index is 16.6. The number of imidazole rings is 1. The monoisotopic (exact) mass is 509 g/mol. The lowest BCUT2D eigenvalue weighted by molar-refractivity contribution is 0.0976. The van der Waals surface area contributed by atoms with E-state index in [4.69, 9.17) is 9.72 Å². The summed E-state index contributed by atoms with van der Waals surface area (Å²) in [6, 6.07) is 18.6. The fourth-order valence-corrected chi connectivity index (χ4v) is 6.18. The molecule has 3 aromatic carbocycles. The van der Waals surface area contributed by atoms with Gasteiger partial charge in [-0.05, 0) is 62.2 Å². The maximum atomic E-state index is 16.6. The Morgan fingerprint density at radius 3 is 2.53 bits per heavy atom. The summed E-state index contributed by atoms with van der Waals surface area (Å²) in [6.45, 7) is 3.04. The summed E-state index contributed by atoms with van der Waals surface area (Å²) in [5.74, 6) is 1.06. The van der Waals surface area contributed by atoms with Crippen molar-refractivity contribution in [2.24, 2.45) is 5.92 Å². The molecule has 3 aliphatic rings. The van der Waals surface area contributed by atoms with Crippen molar-refractivity contribution in [3.05, 3.63) is 76.8 Å². The van der Waals surface area contributed by atoms with Gasteiger partial charge in [0.15, 0.2) is 0 Å². The number of nitrogens with one attached hydrogen (secondary N) is 3. The third kappa shape index (κ3) is 3.67. The lowest BCUT2D eigenvalue weighted by Gasteiger charge is -2.45. The second-order valence-corrected chi connectivity index (χ2v) is 10.2. The topological polar surface area (TPSA) is 86.0 Å². The van der Waals surface area contributed by atoms with Crippen LogP contribution in [0.3, 0.4) is 0 Å². The van der Waals surface area contributed by atoms with Gasteiger partial charge in [-0.3, -0.25) is 4.79 Å². The van der Waals surface area contributed by atoms with Crippen molar-refractivity contribution in [3.8, 4) is 28.3 Å². The maximum Gasteiger partial charge on any atom is 0.261 e. The minimum Gasteiger partial charge on any atom is -0.496 e.